The lowest BCUT2D eigenvalue weighted by Gasteiger charge is -2.18. The lowest BCUT2D eigenvalue weighted by atomic mass is 9.92. The van der Waals surface area contributed by atoms with E-state index in [0.717, 1.165) is 19.4 Å². The van der Waals surface area contributed by atoms with Gasteiger partial charge in [-0.1, -0.05) is 27.7 Å². The number of ether oxygens (including phenoxy) is 1. The molecule has 0 aromatic carbocycles. The van der Waals surface area contributed by atoms with E-state index in [2.05, 4.69) is 46.4 Å². The number of nitrogens with one attached hydrogen (secondary N) is 2. The van der Waals surface area contributed by atoms with Crippen LogP contribution in [0.3, 0.4) is 0 Å². The molecule has 0 aliphatic heterocycles. The molecule has 1 rings (SSSR count). The Morgan fingerprint density at radius 2 is 1.79 bits per heavy atom. The third kappa shape index (κ3) is 6.22. The van der Waals surface area contributed by atoms with Gasteiger partial charge >= 0.3 is 6.01 Å². The Labute approximate surface area is 115 Å². The molecule has 0 fully saturated rings. The van der Waals surface area contributed by atoms with Gasteiger partial charge in [0.05, 0.1) is 6.61 Å². The topological polar surface area (TPSA) is 72.0 Å². The van der Waals surface area contributed by atoms with Crippen LogP contribution in [-0.2, 0) is 0 Å². The van der Waals surface area contributed by atoms with Gasteiger partial charge in [-0.3, -0.25) is 0 Å². The van der Waals surface area contributed by atoms with E-state index in [9.17, 15) is 0 Å². The second-order valence-electron chi connectivity index (χ2n) is 5.60. The van der Waals surface area contributed by atoms with Crippen molar-refractivity contribution in [2.24, 2.45) is 5.41 Å². The highest BCUT2D eigenvalue weighted by atomic mass is 16.5. The third-order valence-electron chi connectivity index (χ3n) is 2.43. The number of rotatable bonds is 7. The summed E-state index contributed by atoms with van der Waals surface area (Å²) in [7, 11) is 1.78. The molecule has 0 unspecified atom stereocenters. The van der Waals surface area contributed by atoms with Crippen LogP contribution in [0.2, 0.25) is 0 Å². The molecule has 0 saturated heterocycles. The molecule has 6 nitrogen and oxygen atoms in total. The van der Waals surface area contributed by atoms with E-state index < -0.39 is 0 Å². The van der Waals surface area contributed by atoms with E-state index in [1.807, 2.05) is 6.92 Å². The summed E-state index contributed by atoms with van der Waals surface area (Å²) in [5.74, 6) is 1.06. The fourth-order valence-corrected chi connectivity index (χ4v) is 1.35. The Hall–Kier alpha value is -1.59. The molecular weight excluding hydrogens is 242 g/mol. The van der Waals surface area contributed by atoms with Crippen molar-refractivity contribution in [1.82, 2.24) is 15.0 Å². The minimum Gasteiger partial charge on any atom is -0.463 e. The van der Waals surface area contributed by atoms with E-state index in [4.69, 9.17) is 4.74 Å². The molecule has 6 heteroatoms. The first-order valence-corrected chi connectivity index (χ1v) is 6.75. The largest absolute Gasteiger partial charge is 0.463 e. The van der Waals surface area contributed by atoms with Crippen molar-refractivity contribution in [1.29, 1.82) is 0 Å². The second kappa shape index (κ2) is 7.11. The summed E-state index contributed by atoms with van der Waals surface area (Å²) in [6.07, 6.45) is 1.96. The first kappa shape index (κ1) is 15.5. The molecule has 108 valence electrons. The molecule has 1 heterocycles. The molecule has 0 saturated carbocycles. The van der Waals surface area contributed by atoms with Gasteiger partial charge in [0.1, 0.15) is 0 Å². The SMILES string of the molecule is CCCOc1nc(NC)nc(NCCC(C)(C)C)n1. The molecule has 0 bridgehead atoms. The van der Waals surface area contributed by atoms with Gasteiger partial charge in [0.2, 0.25) is 11.9 Å². The van der Waals surface area contributed by atoms with Crippen LogP contribution in [0.15, 0.2) is 0 Å². The van der Waals surface area contributed by atoms with Gasteiger partial charge in [-0.25, -0.2) is 0 Å². The van der Waals surface area contributed by atoms with E-state index in [0.29, 0.717) is 24.5 Å². The maximum atomic E-state index is 5.44. The summed E-state index contributed by atoms with van der Waals surface area (Å²) >= 11 is 0. The molecular formula is C13H25N5O. The molecule has 0 radical (unpaired) electrons. The minimum atomic E-state index is 0.285. The monoisotopic (exact) mass is 267 g/mol. The van der Waals surface area contributed by atoms with Crippen LogP contribution in [0.25, 0.3) is 0 Å². The lowest BCUT2D eigenvalue weighted by Crippen LogP contribution is -2.15. The predicted molar refractivity (Wildman–Crippen MR) is 77.7 cm³/mol. The Morgan fingerprint density at radius 3 is 2.37 bits per heavy atom. The molecule has 0 aliphatic carbocycles. The van der Waals surface area contributed by atoms with Crippen LogP contribution < -0.4 is 15.4 Å². The summed E-state index contributed by atoms with van der Waals surface area (Å²) in [6, 6.07) is 0.361. The molecule has 2 N–H and O–H groups in total. The summed E-state index contributed by atoms with van der Waals surface area (Å²) in [5, 5.41) is 6.12. The summed E-state index contributed by atoms with van der Waals surface area (Å²) in [4.78, 5) is 12.6. The van der Waals surface area contributed by atoms with Crippen LogP contribution in [0, 0.1) is 5.41 Å². The normalized spacial score (nSPS) is 11.2. The number of hydrogen-bond donors (Lipinski definition) is 2. The molecule has 0 atom stereocenters. The van der Waals surface area contributed by atoms with Crippen molar-refractivity contribution in [2.75, 3.05) is 30.8 Å². The van der Waals surface area contributed by atoms with Gasteiger partial charge < -0.3 is 15.4 Å². The van der Waals surface area contributed by atoms with E-state index in [1.54, 1.807) is 7.05 Å². The molecule has 1 aromatic rings. The summed E-state index contributed by atoms with van der Waals surface area (Å²) < 4.78 is 5.44. The van der Waals surface area contributed by atoms with Crippen molar-refractivity contribution in [3.63, 3.8) is 0 Å². The molecule has 0 amide bonds. The molecule has 0 spiro atoms. The predicted octanol–water partition coefficient (Wildman–Crippen LogP) is 2.55. The first-order valence-electron chi connectivity index (χ1n) is 6.75. The Morgan fingerprint density at radius 1 is 1.11 bits per heavy atom. The smallest absolute Gasteiger partial charge is 0.323 e. The second-order valence-corrected chi connectivity index (χ2v) is 5.60. The van der Waals surface area contributed by atoms with Crippen molar-refractivity contribution >= 4 is 11.9 Å². The van der Waals surface area contributed by atoms with Crippen LogP contribution in [0.1, 0.15) is 40.5 Å². The zero-order valence-corrected chi connectivity index (χ0v) is 12.6. The van der Waals surface area contributed by atoms with Crippen LogP contribution in [0.5, 0.6) is 6.01 Å². The summed E-state index contributed by atoms with van der Waals surface area (Å²) in [5.41, 5.74) is 0.285. The highest BCUT2D eigenvalue weighted by molar-refractivity contribution is 5.35. The van der Waals surface area contributed by atoms with E-state index >= 15 is 0 Å². The highest BCUT2D eigenvalue weighted by Gasteiger charge is 2.11. The van der Waals surface area contributed by atoms with Crippen molar-refractivity contribution < 1.29 is 4.74 Å². The molecule has 19 heavy (non-hydrogen) atoms. The number of anilines is 2. The quantitative estimate of drug-likeness (QED) is 0.791. The van der Waals surface area contributed by atoms with Crippen LogP contribution in [-0.4, -0.2) is 35.2 Å². The van der Waals surface area contributed by atoms with E-state index in [-0.39, 0.29) is 5.41 Å². The standard InChI is InChI=1S/C13H25N5O/c1-6-9-19-12-17-10(14-5)16-11(18-12)15-8-7-13(2,3)4/h6-9H2,1-5H3,(H2,14,15,16,17,18). The first-order chi connectivity index (χ1) is 8.94. The summed E-state index contributed by atoms with van der Waals surface area (Å²) in [6.45, 7) is 10.1. The van der Waals surface area contributed by atoms with Gasteiger partial charge in [-0.05, 0) is 18.3 Å². The van der Waals surface area contributed by atoms with Gasteiger partial charge in [0.25, 0.3) is 0 Å². The highest BCUT2D eigenvalue weighted by Crippen LogP contribution is 2.18. The fourth-order valence-electron chi connectivity index (χ4n) is 1.35. The molecule has 0 aliphatic rings. The fraction of sp³-hybridized carbons (Fsp3) is 0.769. The van der Waals surface area contributed by atoms with Gasteiger partial charge in [-0.2, -0.15) is 15.0 Å². The van der Waals surface area contributed by atoms with Crippen molar-refractivity contribution in [3.8, 4) is 6.01 Å². The van der Waals surface area contributed by atoms with Crippen LogP contribution >= 0.6 is 0 Å². The lowest BCUT2D eigenvalue weighted by molar-refractivity contribution is 0.292. The number of hydrogen-bond acceptors (Lipinski definition) is 6. The average molecular weight is 267 g/mol. The van der Waals surface area contributed by atoms with Gasteiger partial charge in [0, 0.05) is 13.6 Å². The minimum absolute atomic E-state index is 0.285. The maximum Gasteiger partial charge on any atom is 0.323 e. The maximum absolute atomic E-state index is 5.44. The Balaban J connectivity index is 2.65. The van der Waals surface area contributed by atoms with E-state index in [1.165, 1.54) is 0 Å². The number of aromatic nitrogens is 3. The van der Waals surface area contributed by atoms with Crippen LogP contribution in [0.4, 0.5) is 11.9 Å². The van der Waals surface area contributed by atoms with Crippen molar-refractivity contribution in [3.05, 3.63) is 0 Å². The third-order valence-corrected chi connectivity index (χ3v) is 2.43. The Kier molecular flexibility index (Phi) is 5.79. The zero-order chi connectivity index (χ0) is 14.3. The van der Waals surface area contributed by atoms with Gasteiger partial charge in [-0.15, -0.1) is 0 Å². The zero-order valence-electron chi connectivity index (χ0n) is 12.6. The number of nitrogens with zero attached hydrogens (tertiary/aromatic N) is 3. The molecule has 1 aromatic heterocycles. The Bertz CT molecular complexity index is 389. The average Bonchev–Trinajstić information content (AvgIpc) is 2.34. The van der Waals surface area contributed by atoms with Gasteiger partial charge in [0.15, 0.2) is 0 Å². The van der Waals surface area contributed by atoms with Crippen molar-refractivity contribution in [2.45, 2.75) is 40.5 Å².